The monoisotopic (exact) mass is 603 g/mol. The van der Waals surface area contributed by atoms with E-state index in [2.05, 4.69) is 0 Å². The van der Waals surface area contributed by atoms with Crippen LogP contribution in [0.4, 0.5) is 5.69 Å². The number of nitrogens with zero attached hydrogens (tertiary/aromatic N) is 3. The van der Waals surface area contributed by atoms with Crippen LogP contribution in [-0.4, -0.2) is 40.8 Å². The molecule has 3 aliphatic rings. The zero-order valence-electron chi connectivity index (χ0n) is 18.6. The van der Waals surface area contributed by atoms with Crippen molar-refractivity contribution in [1.82, 2.24) is 9.34 Å². The van der Waals surface area contributed by atoms with E-state index in [1.165, 1.54) is 0 Å². The van der Waals surface area contributed by atoms with Crippen molar-refractivity contribution in [3.8, 4) is 11.5 Å². The standard InChI is InChI=1S/C24H19Cl5N3O3P/c25-10-11-30-12-13-31-17-9-5-4-8-16(17)24(33)32(14-15-6-2-1-3-7-15)36(30,31)34-22-20(28)18(26)19(27)21(29)23(22)35-36/h1-9H,10-14H2. The molecule has 0 unspecified atom stereocenters. The number of carbonyl (C=O) groups excluding carboxylic acids is 1. The quantitative estimate of drug-likeness (QED) is 0.131. The Bertz CT molecular complexity index is 1370. The van der Waals surface area contributed by atoms with E-state index in [0.29, 0.717) is 30.9 Å². The summed E-state index contributed by atoms with van der Waals surface area (Å²) in [4.78, 5) is 14.3. The Morgan fingerprint density at radius 3 is 2.06 bits per heavy atom. The van der Waals surface area contributed by atoms with Crippen molar-refractivity contribution in [2.75, 3.05) is 30.2 Å². The fourth-order valence-electron chi connectivity index (χ4n) is 5.20. The van der Waals surface area contributed by atoms with Gasteiger partial charge in [-0.1, -0.05) is 0 Å². The van der Waals surface area contributed by atoms with Gasteiger partial charge in [0.2, 0.25) is 0 Å². The van der Waals surface area contributed by atoms with Crippen LogP contribution in [0.1, 0.15) is 15.9 Å². The number of benzene rings is 3. The maximum absolute atomic E-state index is 14.3. The fraction of sp³-hybridized carbons (Fsp3) is 0.208. The predicted molar refractivity (Wildman–Crippen MR) is 147 cm³/mol. The van der Waals surface area contributed by atoms with Crippen LogP contribution in [0, 0.1) is 0 Å². The zero-order valence-corrected chi connectivity index (χ0v) is 23.3. The molecule has 1 fully saturated rings. The Balaban J connectivity index is 1.67. The second-order valence-electron chi connectivity index (χ2n) is 8.56. The van der Waals surface area contributed by atoms with Gasteiger partial charge < -0.3 is 0 Å². The summed E-state index contributed by atoms with van der Waals surface area (Å²) >= 11 is 32.4. The topological polar surface area (TPSA) is 45.3 Å². The third kappa shape index (κ3) is 3.10. The third-order valence-electron chi connectivity index (χ3n) is 6.73. The molecule has 0 atom stereocenters. The van der Waals surface area contributed by atoms with Gasteiger partial charge in [-0.25, -0.2) is 0 Å². The van der Waals surface area contributed by atoms with Gasteiger partial charge in [0.05, 0.1) is 0 Å². The van der Waals surface area contributed by atoms with Gasteiger partial charge in [0.25, 0.3) is 0 Å². The molecule has 3 aromatic rings. The average Bonchev–Trinajstić information content (AvgIpc) is 3.43. The van der Waals surface area contributed by atoms with Crippen molar-refractivity contribution in [3.63, 3.8) is 0 Å². The summed E-state index contributed by atoms with van der Waals surface area (Å²) in [7, 11) is -4.47. The molecule has 1 spiro atoms. The molecule has 188 valence electrons. The van der Waals surface area contributed by atoms with Crippen molar-refractivity contribution >= 4 is 77.1 Å². The number of hydrogen-bond acceptors (Lipinski definition) is 5. The van der Waals surface area contributed by atoms with Crippen LogP contribution in [0.15, 0.2) is 54.6 Å². The van der Waals surface area contributed by atoms with Gasteiger partial charge in [-0.3, -0.25) is 0 Å². The van der Waals surface area contributed by atoms with Crippen molar-refractivity contribution in [2.45, 2.75) is 6.54 Å². The van der Waals surface area contributed by atoms with Gasteiger partial charge in [-0.2, -0.15) is 0 Å². The molecule has 3 aliphatic heterocycles. The molecule has 1 amide bonds. The number of halogens is 5. The van der Waals surface area contributed by atoms with E-state index in [-0.39, 0.29) is 49.9 Å². The Kier molecular flexibility index (Phi) is 5.97. The molecule has 0 radical (unpaired) electrons. The van der Waals surface area contributed by atoms with Gasteiger partial charge >= 0.3 is 234 Å². The summed E-state index contributed by atoms with van der Waals surface area (Å²) in [6, 6.07) is 17.1. The minimum atomic E-state index is -4.47. The molecule has 3 aromatic carbocycles. The number of fused-ring (bicyclic) bond motifs is 3. The van der Waals surface area contributed by atoms with Crippen LogP contribution < -0.4 is 13.7 Å². The summed E-state index contributed by atoms with van der Waals surface area (Å²) in [5.74, 6) is 0.366. The van der Waals surface area contributed by atoms with E-state index in [0.717, 1.165) is 5.56 Å². The number of rotatable bonds is 4. The molecule has 36 heavy (non-hydrogen) atoms. The van der Waals surface area contributed by atoms with Crippen LogP contribution in [0.2, 0.25) is 20.1 Å². The number of alkyl halides is 1. The maximum atomic E-state index is 14.3. The van der Waals surface area contributed by atoms with Crippen LogP contribution >= 0.6 is 65.5 Å². The van der Waals surface area contributed by atoms with Gasteiger partial charge in [-0.15, -0.1) is 0 Å². The van der Waals surface area contributed by atoms with Gasteiger partial charge in [-0.05, 0) is 0 Å². The van der Waals surface area contributed by atoms with Crippen LogP contribution in [0.5, 0.6) is 11.5 Å². The van der Waals surface area contributed by atoms with Crippen molar-refractivity contribution in [1.29, 1.82) is 0 Å². The van der Waals surface area contributed by atoms with Gasteiger partial charge in [0.15, 0.2) is 0 Å². The molecule has 6 nitrogen and oxygen atoms in total. The first-order chi connectivity index (χ1) is 17.3. The molecule has 1 saturated heterocycles. The predicted octanol–water partition coefficient (Wildman–Crippen LogP) is 7.92. The second kappa shape index (κ2) is 8.71. The van der Waals surface area contributed by atoms with Gasteiger partial charge in [0.1, 0.15) is 0 Å². The Morgan fingerprint density at radius 1 is 0.806 bits per heavy atom. The van der Waals surface area contributed by atoms with E-state index >= 15 is 0 Å². The first-order valence-corrected chi connectivity index (χ1v) is 15.1. The summed E-state index contributed by atoms with van der Waals surface area (Å²) in [5, 5.41) is 0.247. The molecule has 0 bridgehead atoms. The molecule has 12 heteroatoms. The first kappa shape index (κ1) is 24.7. The summed E-state index contributed by atoms with van der Waals surface area (Å²) in [6.07, 6.45) is 0. The van der Waals surface area contributed by atoms with E-state index in [1.807, 2.05) is 63.9 Å². The van der Waals surface area contributed by atoms with Crippen molar-refractivity contribution < 1.29 is 13.8 Å². The normalized spacial score (nSPS) is 20.2. The molecule has 0 aliphatic carbocycles. The number of anilines is 1. The van der Waals surface area contributed by atoms with E-state index in [4.69, 9.17) is 67.1 Å². The molecule has 0 saturated carbocycles. The number of carbonyl (C=O) groups is 1. The molecular formula is C24H19Cl5N3O3P. The second-order valence-corrected chi connectivity index (χ2v) is 14.0. The third-order valence-corrected chi connectivity index (χ3v) is 13.4. The summed E-state index contributed by atoms with van der Waals surface area (Å²) in [6.45, 7) is 1.66. The minimum absolute atomic E-state index is 0.0530. The summed E-state index contributed by atoms with van der Waals surface area (Å²) in [5.41, 5.74) is 2.16. The Morgan fingerprint density at radius 2 is 1.42 bits per heavy atom. The van der Waals surface area contributed by atoms with E-state index < -0.39 is 7.51 Å². The zero-order chi connectivity index (χ0) is 25.3. The van der Waals surface area contributed by atoms with Gasteiger partial charge in [0, 0.05) is 0 Å². The number of para-hydroxylation sites is 1. The van der Waals surface area contributed by atoms with Crippen LogP contribution in [0.3, 0.4) is 0 Å². The number of amides is 1. The van der Waals surface area contributed by atoms with Crippen molar-refractivity contribution in [3.05, 3.63) is 85.8 Å². The average molecular weight is 606 g/mol. The molecule has 0 aromatic heterocycles. The Hall–Kier alpha value is -1.63. The SMILES string of the molecule is O=C1c2ccccc2N2CCN(CCCl)P23(Oc2c(Cl)c(Cl)c(Cl)c(Cl)c2O3)N1Cc1ccccc1. The van der Waals surface area contributed by atoms with Crippen LogP contribution in [0.25, 0.3) is 0 Å². The van der Waals surface area contributed by atoms with Crippen molar-refractivity contribution in [2.24, 2.45) is 0 Å². The molecule has 3 heterocycles. The fourth-order valence-corrected chi connectivity index (χ4v) is 11.7. The van der Waals surface area contributed by atoms with E-state index in [1.54, 1.807) is 4.67 Å². The Labute approximate surface area is 233 Å². The molecular weight excluding hydrogens is 587 g/mol. The first-order valence-electron chi connectivity index (χ1n) is 11.2. The molecule has 6 rings (SSSR count). The summed E-state index contributed by atoms with van der Waals surface area (Å²) < 4.78 is 19.6. The van der Waals surface area contributed by atoms with Crippen LogP contribution in [-0.2, 0) is 6.54 Å². The number of hydrogen-bond donors (Lipinski definition) is 0. The van der Waals surface area contributed by atoms with E-state index in [9.17, 15) is 4.79 Å². The molecule has 0 N–H and O–H groups in total.